The van der Waals surface area contributed by atoms with Crippen LogP contribution in [0, 0.1) is 5.82 Å². The number of carbonyl (C=O) groups is 1. The molecule has 0 atom stereocenters. The SMILES string of the molecule is O=C(CSc1ncnc2scc(-c3ccccc3)c12)c1ccc(F)cc1. The zero-order valence-corrected chi connectivity index (χ0v) is 15.2. The number of benzene rings is 2. The van der Waals surface area contributed by atoms with E-state index in [1.165, 1.54) is 42.4 Å². The maximum atomic E-state index is 13.0. The van der Waals surface area contributed by atoms with Gasteiger partial charge in [-0.05, 0) is 29.8 Å². The smallest absolute Gasteiger partial charge is 0.173 e. The van der Waals surface area contributed by atoms with Gasteiger partial charge in [0.05, 0.1) is 11.1 Å². The summed E-state index contributed by atoms with van der Waals surface area (Å²) in [6.07, 6.45) is 1.53. The van der Waals surface area contributed by atoms with Crippen LogP contribution < -0.4 is 0 Å². The lowest BCUT2D eigenvalue weighted by Gasteiger charge is -2.05. The van der Waals surface area contributed by atoms with Crippen molar-refractivity contribution in [3.8, 4) is 11.1 Å². The molecule has 2 aromatic heterocycles. The summed E-state index contributed by atoms with van der Waals surface area (Å²) in [4.78, 5) is 22.0. The molecule has 0 aliphatic heterocycles. The summed E-state index contributed by atoms with van der Waals surface area (Å²) in [6, 6.07) is 15.7. The Bertz CT molecular complexity index is 1060. The van der Waals surface area contributed by atoms with Crippen LogP contribution in [0.3, 0.4) is 0 Å². The third-order valence-corrected chi connectivity index (χ3v) is 5.80. The van der Waals surface area contributed by atoms with Gasteiger partial charge in [0.2, 0.25) is 0 Å². The van der Waals surface area contributed by atoms with Gasteiger partial charge in [0.25, 0.3) is 0 Å². The monoisotopic (exact) mass is 380 g/mol. The molecule has 0 aliphatic rings. The molecule has 0 spiro atoms. The molecule has 4 rings (SSSR count). The molecule has 0 radical (unpaired) electrons. The Hall–Kier alpha value is -2.57. The number of hydrogen-bond acceptors (Lipinski definition) is 5. The third kappa shape index (κ3) is 3.38. The molecule has 2 aromatic carbocycles. The average Bonchev–Trinajstić information content (AvgIpc) is 3.12. The van der Waals surface area contributed by atoms with Gasteiger partial charge < -0.3 is 0 Å². The Kier molecular flexibility index (Phi) is 4.77. The molecule has 128 valence electrons. The molecule has 6 heteroatoms. The van der Waals surface area contributed by atoms with Crippen molar-refractivity contribution >= 4 is 39.1 Å². The van der Waals surface area contributed by atoms with Crippen LogP contribution in [0.2, 0.25) is 0 Å². The minimum atomic E-state index is -0.350. The number of fused-ring (bicyclic) bond motifs is 1. The Balaban J connectivity index is 1.63. The van der Waals surface area contributed by atoms with Crippen molar-refractivity contribution < 1.29 is 9.18 Å². The van der Waals surface area contributed by atoms with E-state index in [1.807, 2.05) is 30.3 Å². The van der Waals surface area contributed by atoms with Gasteiger partial charge in [-0.25, -0.2) is 14.4 Å². The first kappa shape index (κ1) is 16.9. The zero-order valence-electron chi connectivity index (χ0n) is 13.6. The Labute approximate surface area is 157 Å². The van der Waals surface area contributed by atoms with Gasteiger partial charge in [0, 0.05) is 16.5 Å². The van der Waals surface area contributed by atoms with Gasteiger partial charge in [-0.3, -0.25) is 4.79 Å². The van der Waals surface area contributed by atoms with Gasteiger partial charge in [-0.2, -0.15) is 0 Å². The summed E-state index contributed by atoms with van der Waals surface area (Å²) in [5, 5.41) is 3.83. The number of ketones is 1. The molecule has 0 unspecified atom stereocenters. The number of carbonyl (C=O) groups excluding carboxylic acids is 1. The largest absolute Gasteiger partial charge is 0.293 e. The van der Waals surface area contributed by atoms with Crippen molar-refractivity contribution in [1.82, 2.24) is 9.97 Å². The molecule has 4 aromatic rings. The van der Waals surface area contributed by atoms with Crippen LogP contribution in [0.1, 0.15) is 10.4 Å². The summed E-state index contributed by atoms with van der Waals surface area (Å²) in [7, 11) is 0. The van der Waals surface area contributed by atoms with Crippen LogP contribution in [0.5, 0.6) is 0 Å². The maximum Gasteiger partial charge on any atom is 0.173 e. The van der Waals surface area contributed by atoms with Crippen LogP contribution in [-0.2, 0) is 0 Å². The van der Waals surface area contributed by atoms with E-state index in [9.17, 15) is 9.18 Å². The molecule has 0 bridgehead atoms. The van der Waals surface area contributed by atoms with E-state index in [0.717, 1.165) is 26.4 Å². The van der Waals surface area contributed by atoms with Crippen LogP contribution >= 0.6 is 23.1 Å². The van der Waals surface area contributed by atoms with Crippen molar-refractivity contribution in [1.29, 1.82) is 0 Å². The number of halogens is 1. The first-order chi connectivity index (χ1) is 12.7. The first-order valence-corrected chi connectivity index (χ1v) is 9.78. The van der Waals surface area contributed by atoms with E-state index in [-0.39, 0.29) is 17.4 Å². The average molecular weight is 380 g/mol. The van der Waals surface area contributed by atoms with Crippen LogP contribution in [0.25, 0.3) is 21.3 Å². The quantitative estimate of drug-likeness (QED) is 0.261. The number of thiophene rings is 1. The fraction of sp³-hybridized carbons (Fsp3) is 0.0500. The third-order valence-electron chi connectivity index (χ3n) is 3.93. The second kappa shape index (κ2) is 7.35. The summed E-state index contributed by atoms with van der Waals surface area (Å²) in [6.45, 7) is 0. The minimum absolute atomic E-state index is 0.0572. The fourth-order valence-electron chi connectivity index (χ4n) is 2.64. The van der Waals surface area contributed by atoms with Gasteiger partial charge in [0.1, 0.15) is 22.0 Å². The van der Waals surface area contributed by atoms with Gasteiger partial charge in [0.15, 0.2) is 5.78 Å². The second-order valence-corrected chi connectivity index (χ2v) is 7.42. The maximum absolute atomic E-state index is 13.0. The molecule has 3 nitrogen and oxygen atoms in total. The minimum Gasteiger partial charge on any atom is -0.293 e. The number of Topliss-reactive ketones (excluding diaryl/α,β-unsaturated/α-hetero) is 1. The number of nitrogens with zero attached hydrogens (tertiary/aromatic N) is 2. The molecule has 0 aliphatic carbocycles. The lowest BCUT2D eigenvalue weighted by molar-refractivity contribution is 0.102. The van der Waals surface area contributed by atoms with E-state index in [1.54, 1.807) is 11.3 Å². The Morgan fingerprint density at radius 3 is 2.58 bits per heavy atom. The molecule has 0 N–H and O–H groups in total. The molecule has 2 heterocycles. The molecule has 0 amide bonds. The van der Waals surface area contributed by atoms with Crippen molar-refractivity contribution in [3.05, 3.63) is 77.7 Å². The van der Waals surface area contributed by atoms with Gasteiger partial charge >= 0.3 is 0 Å². The van der Waals surface area contributed by atoms with Crippen molar-refractivity contribution in [2.24, 2.45) is 0 Å². The highest BCUT2D eigenvalue weighted by Crippen LogP contribution is 2.37. The molecular weight excluding hydrogens is 367 g/mol. The summed E-state index contributed by atoms with van der Waals surface area (Å²) in [5.41, 5.74) is 2.67. The zero-order chi connectivity index (χ0) is 17.9. The topological polar surface area (TPSA) is 42.9 Å². The van der Waals surface area contributed by atoms with E-state index in [0.29, 0.717) is 5.56 Å². The van der Waals surface area contributed by atoms with Gasteiger partial charge in [-0.1, -0.05) is 42.1 Å². The number of thioether (sulfide) groups is 1. The molecule has 0 saturated heterocycles. The second-order valence-electron chi connectivity index (χ2n) is 5.59. The number of rotatable bonds is 5. The van der Waals surface area contributed by atoms with Crippen LogP contribution in [-0.4, -0.2) is 21.5 Å². The first-order valence-electron chi connectivity index (χ1n) is 7.91. The predicted octanol–water partition coefficient (Wildman–Crippen LogP) is 5.47. The standard InChI is InChI=1S/C20H13FN2OS2/c21-15-8-6-14(7-9-15)17(24)11-26-20-18-16(13-4-2-1-3-5-13)10-25-19(18)22-12-23-20/h1-10,12H,11H2. The number of aromatic nitrogens is 2. The lowest BCUT2D eigenvalue weighted by atomic mass is 10.1. The Morgan fingerprint density at radius 2 is 1.81 bits per heavy atom. The van der Waals surface area contributed by atoms with Crippen LogP contribution in [0.15, 0.2) is 71.3 Å². The van der Waals surface area contributed by atoms with E-state index in [2.05, 4.69) is 15.3 Å². The van der Waals surface area contributed by atoms with E-state index < -0.39 is 0 Å². The summed E-state index contributed by atoms with van der Waals surface area (Å²) in [5.74, 6) is -0.169. The lowest BCUT2D eigenvalue weighted by Crippen LogP contribution is -2.02. The number of hydrogen-bond donors (Lipinski definition) is 0. The molecule has 26 heavy (non-hydrogen) atoms. The van der Waals surface area contributed by atoms with Crippen molar-refractivity contribution in [2.45, 2.75) is 5.03 Å². The van der Waals surface area contributed by atoms with Crippen molar-refractivity contribution in [3.63, 3.8) is 0 Å². The van der Waals surface area contributed by atoms with Crippen molar-refractivity contribution in [2.75, 3.05) is 5.75 Å². The molecular formula is C20H13FN2OS2. The van der Waals surface area contributed by atoms with E-state index >= 15 is 0 Å². The summed E-state index contributed by atoms with van der Waals surface area (Å²) < 4.78 is 13.0. The molecule has 0 saturated carbocycles. The highest BCUT2D eigenvalue weighted by Gasteiger charge is 2.15. The highest BCUT2D eigenvalue weighted by molar-refractivity contribution is 8.00. The Morgan fingerprint density at radius 1 is 1.04 bits per heavy atom. The normalized spacial score (nSPS) is 11.0. The predicted molar refractivity (Wildman–Crippen MR) is 104 cm³/mol. The fourth-order valence-corrected chi connectivity index (χ4v) is 4.53. The van der Waals surface area contributed by atoms with Gasteiger partial charge in [-0.15, -0.1) is 11.3 Å². The van der Waals surface area contributed by atoms with E-state index in [4.69, 9.17) is 0 Å². The highest BCUT2D eigenvalue weighted by atomic mass is 32.2. The van der Waals surface area contributed by atoms with Crippen LogP contribution in [0.4, 0.5) is 4.39 Å². The molecule has 0 fully saturated rings. The summed E-state index contributed by atoms with van der Waals surface area (Å²) >= 11 is 2.95.